The molecule has 28 heavy (non-hydrogen) atoms. The number of amides is 1. The van der Waals surface area contributed by atoms with Gasteiger partial charge in [-0.2, -0.15) is 13.7 Å². The van der Waals surface area contributed by atoms with Crippen molar-refractivity contribution in [3.63, 3.8) is 0 Å². The number of carbonyl (C=O) groups is 1. The van der Waals surface area contributed by atoms with Crippen molar-refractivity contribution < 1.29 is 22.1 Å². The highest BCUT2D eigenvalue weighted by Crippen LogP contribution is 2.37. The molecule has 0 radical (unpaired) electrons. The van der Waals surface area contributed by atoms with Crippen molar-refractivity contribution in [1.29, 1.82) is 5.26 Å². The summed E-state index contributed by atoms with van der Waals surface area (Å²) >= 11 is 1.89. The van der Waals surface area contributed by atoms with E-state index in [1.807, 2.05) is 29.5 Å². The van der Waals surface area contributed by atoms with E-state index in [9.17, 15) is 13.2 Å². The number of hydrogen-bond acceptors (Lipinski definition) is 6. The van der Waals surface area contributed by atoms with Crippen LogP contribution < -0.4 is 14.7 Å². The van der Waals surface area contributed by atoms with Crippen LogP contribution in [0.25, 0.3) is 6.08 Å². The lowest BCUT2D eigenvalue weighted by Gasteiger charge is -2.14. The van der Waals surface area contributed by atoms with Crippen molar-refractivity contribution in [3.8, 4) is 17.6 Å². The minimum Gasteiger partial charge on any atom is -0.490 e. The van der Waals surface area contributed by atoms with Gasteiger partial charge in [-0.3, -0.25) is 4.79 Å². The predicted molar refractivity (Wildman–Crippen MR) is 112 cm³/mol. The van der Waals surface area contributed by atoms with E-state index in [1.54, 1.807) is 31.2 Å². The molecule has 0 aliphatic carbocycles. The third-order valence-corrected chi connectivity index (χ3v) is 5.57. The third kappa shape index (κ3) is 5.24. The van der Waals surface area contributed by atoms with E-state index in [1.165, 1.54) is 24.3 Å². The van der Waals surface area contributed by atoms with Crippen LogP contribution in [0.1, 0.15) is 18.1 Å². The molecule has 2 N–H and O–H groups in total. The van der Waals surface area contributed by atoms with Gasteiger partial charge in [0.05, 0.1) is 10.2 Å². The molecule has 1 amide bonds. The molecule has 0 aromatic heterocycles. The van der Waals surface area contributed by atoms with Gasteiger partial charge in [-0.05, 0) is 72.3 Å². The first-order valence-electron chi connectivity index (χ1n) is 8.07. The molecule has 0 aliphatic heterocycles. The molecule has 9 heteroatoms. The zero-order valence-corrected chi connectivity index (χ0v) is 18.1. The van der Waals surface area contributed by atoms with Crippen molar-refractivity contribution in [2.24, 2.45) is 5.73 Å². The van der Waals surface area contributed by atoms with Gasteiger partial charge in [0.2, 0.25) is 0 Å². The summed E-state index contributed by atoms with van der Waals surface area (Å²) in [5.41, 5.74) is 6.28. The summed E-state index contributed by atoms with van der Waals surface area (Å²) in [4.78, 5) is 11.3. The van der Waals surface area contributed by atoms with Gasteiger partial charge in [-0.15, -0.1) is 0 Å². The molecule has 7 nitrogen and oxygen atoms in total. The van der Waals surface area contributed by atoms with Gasteiger partial charge >= 0.3 is 10.1 Å². The Morgan fingerprint density at radius 3 is 2.46 bits per heavy atom. The second kappa shape index (κ2) is 9.07. The third-order valence-electron chi connectivity index (χ3n) is 3.53. The predicted octanol–water partition coefficient (Wildman–Crippen LogP) is 3.16. The maximum absolute atomic E-state index is 12.6. The van der Waals surface area contributed by atoms with Crippen LogP contribution in [0.15, 0.2) is 46.9 Å². The van der Waals surface area contributed by atoms with Crippen LogP contribution in [0.5, 0.6) is 11.5 Å². The summed E-state index contributed by atoms with van der Waals surface area (Å²) in [6, 6.07) is 11.0. The van der Waals surface area contributed by atoms with Crippen LogP contribution in [-0.4, -0.2) is 20.9 Å². The number of ether oxygens (including phenoxy) is 1. The van der Waals surface area contributed by atoms with Crippen LogP contribution in [0.2, 0.25) is 0 Å². The number of hydrogen-bond donors (Lipinski definition) is 1. The maximum Gasteiger partial charge on any atom is 0.339 e. The second-order valence-corrected chi connectivity index (χ2v) is 8.36. The fraction of sp³-hybridized carbons (Fsp3) is 0.158. The standard InChI is InChI=1S/C19H17IN2O5S/c1-3-26-17-10-13(8-14(11-21)19(22)23)9-16(20)18(17)27-28(24,25)15-6-4-12(2)5-7-15/h4-10H,3H2,1-2H3,(H2,22,23). The Labute approximate surface area is 177 Å². The van der Waals surface area contributed by atoms with Crippen LogP contribution in [0, 0.1) is 21.8 Å². The lowest BCUT2D eigenvalue weighted by Crippen LogP contribution is -2.13. The molecule has 2 aromatic carbocycles. The van der Waals surface area contributed by atoms with E-state index >= 15 is 0 Å². The number of primary amides is 1. The number of nitrogens with zero attached hydrogens (tertiary/aromatic N) is 1. The van der Waals surface area contributed by atoms with Crippen molar-refractivity contribution in [1.82, 2.24) is 0 Å². The average Bonchev–Trinajstić information content (AvgIpc) is 2.63. The van der Waals surface area contributed by atoms with Crippen LogP contribution in [-0.2, 0) is 14.9 Å². The van der Waals surface area contributed by atoms with E-state index in [0.29, 0.717) is 9.13 Å². The van der Waals surface area contributed by atoms with Gasteiger partial charge < -0.3 is 14.7 Å². The van der Waals surface area contributed by atoms with E-state index in [2.05, 4.69) is 0 Å². The number of rotatable bonds is 7. The smallest absolute Gasteiger partial charge is 0.339 e. The van der Waals surface area contributed by atoms with Crippen molar-refractivity contribution >= 4 is 44.7 Å². The van der Waals surface area contributed by atoms with Gasteiger partial charge in [-0.25, -0.2) is 0 Å². The zero-order valence-electron chi connectivity index (χ0n) is 15.1. The minimum atomic E-state index is -4.07. The van der Waals surface area contributed by atoms with Crippen LogP contribution in [0.4, 0.5) is 0 Å². The maximum atomic E-state index is 12.6. The highest BCUT2D eigenvalue weighted by Gasteiger charge is 2.22. The Bertz CT molecular complexity index is 1070. The Hall–Kier alpha value is -2.58. The fourth-order valence-corrected chi connectivity index (χ4v) is 4.04. The van der Waals surface area contributed by atoms with Crippen LogP contribution in [0.3, 0.4) is 0 Å². The summed E-state index contributed by atoms with van der Waals surface area (Å²) in [6.07, 6.45) is 1.30. The molecule has 0 fully saturated rings. The molecular weight excluding hydrogens is 495 g/mol. The number of nitrogens with two attached hydrogens (primary N) is 1. The van der Waals surface area contributed by atoms with Crippen molar-refractivity contribution in [2.75, 3.05) is 6.61 Å². The molecule has 0 bridgehead atoms. The van der Waals surface area contributed by atoms with Gasteiger partial charge in [0.25, 0.3) is 5.91 Å². The largest absolute Gasteiger partial charge is 0.490 e. The highest BCUT2D eigenvalue weighted by atomic mass is 127. The number of nitriles is 1. The molecule has 0 saturated carbocycles. The monoisotopic (exact) mass is 512 g/mol. The zero-order chi connectivity index (χ0) is 20.9. The lowest BCUT2D eigenvalue weighted by molar-refractivity contribution is -0.114. The summed E-state index contributed by atoms with van der Waals surface area (Å²) < 4.78 is 36.5. The molecule has 0 unspecified atom stereocenters. The molecular formula is C19H17IN2O5S. The summed E-state index contributed by atoms with van der Waals surface area (Å²) in [5, 5.41) is 9.00. The number of benzene rings is 2. The van der Waals surface area contributed by atoms with Gasteiger partial charge in [0.15, 0.2) is 11.5 Å². The first-order chi connectivity index (χ1) is 13.2. The highest BCUT2D eigenvalue weighted by molar-refractivity contribution is 14.1. The van der Waals surface area contributed by atoms with E-state index in [4.69, 9.17) is 19.9 Å². The summed E-state index contributed by atoms with van der Waals surface area (Å²) in [6.45, 7) is 3.84. The van der Waals surface area contributed by atoms with E-state index in [-0.39, 0.29) is 28.6 Å². The number of halogens is 1. The minimum absolute atomic E-state index is 0.0146. The Kier molecular flexibility index (Phi) is 7.04. The molecule has 0 heterocycles. The number of carbonyl (C=O) groups excluding carboxylic acids is 1. The molecule has 0 aliphatic rings. The average molecular weight is 512 g/mol. The first-order valence-corrected chi connectivity index (χ1v) is 10.6. The van der Waals surface area contributed by atoms with Crippen molar-refractivity contribution in [3.05, 3.63) is 56.7 Å². The van der Waals surface area contributed by atoms with Gasteiger partial charge in [-0.1, -0.05) is 17.7 Å². The molecule has 146 valence electrons. The van der Waals surface area contributed by atoms with E-state index < -0.39 is 16.0 Å². The van der Waals surface area contributed by atoms with Gasteiger partial charge in [0.1, 0.15) is 16.5 Å². The second-order valence-electron chi connectivity index (χ2n) is 5.65. The Morgan fingerprint density at radius 2 is 1.93 bits per heavy atom. The van der Waals surface area contributed by atoms with Gasteiger partial charge in [0, 0.05) is 0 Å². The van der Waals surface area contributed by atoms with Crippen LogP contribution >= 0.6 is 22.6 Å². The van der Waals surface area contributed by atoms with E-state index in [0.717, 1.165) is 5.56 Å². The normalized spacial score (nSPS) is 11.6. The summed E-state index contributed by atoms with van der Waals surface area (Å²) in [5.74, 6) is -0.673. The molecule has 2 aromatic rings. The molecule has 2 rings (SSSR count). The molecule has 0 spiro atoms. The molecule has 0 saturated heterocycles. The SMILES string of the molecule is CCOc1cc(C=C(C#N)C(N)=O)cc(I)c1OS(=O)(=O)c1ccc(C)cc1. The summed E-state index contributed by atoms with van der Waals surface area (Å²) in [7, 11) is -4.07. The van der Waals surface area contributed by atoms with Crippen molar-refractivity contribution in [2.45, 2.75) is 18.7 Å². The topological polar surface area (TPSA) is 119 Å². The Morgan fingerprint density at radius 1 is 1.29 bits per heavy atom. The number of aryl methyl sites for hydroxylation is 1. The lowest BCUT2D eigenvalue weighted by atomic mass is 10.1. The fourth-order valence-electron chi connectivity index (χ4n) is 2.20. The Balaban J connectivity index is 2.51. The quantitative estimate of drug-likeness (QED) is 0.264. The first kappa shape index (κ1) is 21.7. The molecule has 0 atom stereocenters.